The maximum Gasteiger partial charge on any atom is 0.0459 e. The van der Waals surface area contributed by atoms with Crippen LogP contribution in [0.4, 0.5) is 0 Å². The SMILES string of the molecule is Cc1ccc2c(CC(C)N)c[nH]c2c1. The van der Waals surface area contributed by atoms with Crippen LogP contribution in [0.3, 0.4) is 0 Å². The first-order valence-electron chi connectivity index (χ1n) is 4.99. The summed E-state index contributed by atoms with van der Waals surface area (Å²) in [4.78, 5) is 3.28. The van der Waals surface area contributed by atoms with Crippen LogP contribution in [0, 0.1) is 6.92 Å². The molecule has 1 atom stereocenters. The van der Waals surface area contributed by atoms with Crippen LogP contribution >= 0.6 is 0 Å². The average molecular weight is 188 g/mol. The Morgan fingerprint density at radius 3 is 2.93 bits per heavy atom. The second-order valence-corrected chi connectivity index (χ2v) is 4.04. The summed E-state index contributed by atoms with van der Waals surface area (Å²) in [5.41, 5.74) is 9.60. The third-order valence-electron chi connectivity index (χ3n) is 2.46. The van der Waals surface area contributed by atoms with Crippen LogP contribution in [0.5, 0.6) is 0 Å². The Kier molecular flexibility index (Phi) is 2.30. The zero-order valence-electron chi connectivity index (χ0n) is 8.67. The molecular weight excluding hydrogens is 172 g/mol. The highest BCUT2D eigenvalue weighted by Gasteiger charge is 2.05. The number of hydrogen-bond donors (Lipinski definition) is 2. The van der Waals surface area contributed by atoms with Crippen molar-refractivity contribution in [2.45, 2.75) is 26.3 Å². The molecule has 0 aliphatic heterocycles. The first kappa shape index (κ1) is 9.28. The molecule has 0 saturated carbocycles. The molecule has 14 heavy (non-hydrogen) atoms. The van der Waals surface area contributed by atoms with Gasteiger partial charge in [-0.25, -0.2) is 0 Å². The third kappa shape index (κ3) is 1.66. The van der Waals surface area contributed by atoms with Crippen molar-refractivity contribution in [1.29, 1.82) is 0 Å². The van der Waals surface area contributed by atoms with E-state index in [0.29, 0.717) is 0 Å². The van der Waals surface area contributed by atoms with Crippen molar-refractivity contribution in [2.24, 2.45) is 5.73 Å². The van der Waals surface area contributed by atoms with E-state index in [1.54, 1.807) is 0 Å². The molecule has 74 valence electrons. The van der Waals surface area contributed by atoms with Crippen LogP contribution in [-0.4, -0.2) is 11.0 Å². The average Bonchev–Trinajstić information content (AvgIpc) is 2.47. The molecule has 2 nitrogen and oxygen atoms in total. The molecule has 1 unspecified atom stereocenters. The van der Waals surface area contributed by atoms with Gasteiger partial charge in [0.05, 0.1) is 0 Å². The smallest absolute Gasteiger partial charge is 0.0459 e. The summed E-state index contributed by atoms with van der Waals surface area (Å²) in [7, 11) is 0. The molecule has 2 heteroatoms. The number of benzene rings is 1. The number of rotatable bonds is 2. The minimum absolute atomic E-state index is 0.218. The Labute approximate surface area is 84.1 Å². The van der Waals surface area contributed by atoms with Crippen molar-refractivity contribution >= 4 is 10.9 Å². The fourth-order valence-electron chi connectivity index (χ4n) is 1.82. The molecule has 2 aromatic rings. The van der Waals surface area contributed by atoms with Crippen molar-refractivity contribution in [1.82, 2.24) is 4.98 Å². The van der Waals surface area contributed by atoms with Gasteiger partial charge in [-0.15, -0.1) is 0 Å². The molecule has 0 saturated heterocycles. The molecule has 0 bridgehead atoms. The fraction of sp³-hybridized carbons (Fsp3) is 0.333. The standard InChI is InChI=1S/C12H16N2/c1-8-3-4-11-10(6-9(2)13)7-14-12(11)5-8/h3-5,7,9,14H,6,13H2,1-2H3. The molecule has 1 aromatic heterocycles. The predicted octanol–water partition coefficient (Wildman–Crippen LogP) is 2.37. The topological polar surface area (TPSA) is 41.8 Å². The van der Waals surface area contributed by atoms with Crippen LogP contribution in [-0.2, 0) is 6.42 Å². The van der Waals surface area contributed by atoms with E-state index in [9.17, 15) is 0 Å². The monoisotopic (exact) mass is 188 g/mol. The lowest BCUT2D eigenvalue weighted by Gasteiger charge is -2.02. The maximum atomic E-state index is 5.79. The van der Waals surface area contributed by atoms with Gasteiger partial charge in [0.1, 0.15) is 0 Å². The van der Waals surface area contributed by atoms with Crippen molar-refractivity contribution in [3.63, 3.8) is 0 Å². The lowest BCUT2D eigenvalue weighted by molar-refractivity contribution is 0.741. The van der Waals surface area contributed by atoms with Crippen molar-refractivity contribution in [3.05, 3.63) is 35.5 Å². The molecule has 0 radical (unpaired) electrons. The number of nitrogens with two attached hydrogens (primary N) is 1. The molecule has 0 fully saturated rings. The van der Waals surface area contributed by atoms with Crippen molar-refractivity contribution in [3.8, 4) is 0 Å². The molecule has 0 aliphatic carbocycles. The lowest BCUT2D eigenvalue weighted by Crippen LogP contribution is -2.17. The van der Waals surface area contributed by atoms with Gasteiger partial charge >= 0.3 is 0 Å². The Bertz CT molecular complexity index is 441. The number of aromatic amines is 1. The summed E-state index contributed by atoms with van der Waals surface area (Å²) >= 11 is 0. The maximum absolute atomic E-state index is 5.79. The highest BCUT2D eigenvalue weighted by Crippen LogP contribution is 2.20. The first-order chi connectivity index (χ1) is 6.66. The van der Waals surface area contributed by atoms with E-state index in [-0.39, 0.29) is 6.04 Å². The Hall–Kier alpha value is -1.28. The Morgan fingerprint density at radius 1 is 1.43 bits per heavy atom. The second kappa shape index (κ2) is 3.46. The molecule has 1 aromatic carbocycles. The number of aryl methyl sites for hydroxylation is 1. The number of fused-ring (bicyclic) bond motifs is 1. The van der Waals surface area contributed by atoms with Crippen LogP contribution in [0.1, 0.15) is 18.1 Å². The number of nitrogens with one attached hydrogen (secondary N) is 1. The number of H-pyrrole nitrogens is 1. The van der Waals surface area contributed by atoms with Gasteiger partial charge in [-0.05, 0) is 37.5 Å². The van der Waals surface area contributed by atoms with Gasteiger partial charge < -0.3 is 10.7 Å². The van der Waals surface area contributed by atoms with Gasteiger partial charge in [0.15, 0.2) is 0 Å². The van der Waals surface area contributed by atoms with Gasteiger partial charge in [-0.2, -0.15) is 0 Å². The van der Waals surface area contributed by atoms with E-state index in [4.69, 9.17) is 5.73 Å². The van der Waals surface area contributed by atoms with E-state index < -0.39 is 0 Å². The van der Waals surface area contributed by atoms with Crippen LogP contribution in [0.25, 0.3) is 10.9 Å². The minimum Gasteiger partial charge on any atom is -0.361 e. The quantitative estimate of drug-likeness (QED) is 0.746. The highest BCUT2D eigenvalue weighted by atomic mass is 14.7. The zero-order valence-corrected chi connectivity index (χ0v) is 8.67. The van der Waals surface area contributed by atoms with E-state index >= 15 is 0 Å². The largest absolute Gasteiger partial charge is 0.361 e. The van der Waals surface area contributed by atoms with Gasteiger partial charge in [0.2, 0.25) is 0 Å². The number of aromatic nitrogens is 1. The van der Waals surface area contributed by atoms with Gasteiger partial charge in [-0.1, -0.05) is 12.1 Å². The molecule has 0 aliphatic rings. The molecule has 0 spiro atoms. The van der Waals surface area contributed by atoms with Crippen molar-refractivity contribution in [2.75, 3.05) is 0 Å². The molecule has 1 heterocycles. The molecule has 3 N–H and O–H groups in total. The summed E-state index contributed by atoms with van der Waals surface area (Å²) < 4.78 is 0. The van der Waals surface area contributed by atoms with Crippen molar-refractivity contribution < 1.29 is 0 Å². The second-order valence-electron chi connectivity index (χ2n) is 4.04. The van der Waals surface area contributed by atoms with E-state index in [1.807, 2.05) is 6.92 Å². The van der Waals surface area contributed by atoms with E-state index in [1.165, 1.54) is 22.0 Å². The molecule has 2 rings (SSSR count). The van der Waals surface area contributed by atoms with Gasteiger partial charge in [0, 0.05) is 23.1 Å². The summed E-state index contributed by atoms with van der Waals surface area (Å²) in [5.74, 6) is 0. The van der Waals surface area contributed by atoms with Crippen LogP contribution < -0.4 is 5.73 Å². The zero-order chi connectivity index (χ0) is 10.1. The summed E-state index contributed by atoms with van der Waals surface area (Å²) in [5, 5.41) is 1.30. The van der Waals surface area contributed by atoms with E-state index in [2.05, 4.69) is 36.3 Å². The number of hydrogen-bond acceptors (Lipinski definition) is 1. The lowest BCUT2D eigenvalue weighted by atomic mass is 10.1. The van der Waals surface area contributed by atoms with Crippen LogP contribution in [0.2, 0.25) is 0 Å². The van der Waals surface area contributed by atoms with Crippen LogP contribution in [0.15, 0.2) is 24.4 Å². The van der Waals surface area contributed by atoms with E-state index in [0.717, 1.165) is 6.42 Å². The van der Waals surface area contributed by atoms with Gasteiger partial charge in [-0.3, -0.25) is 0 Å². The summed E-state index contributed by atoms with van der Waals surface area (Å²) in [6, 6.07) is 6.69. The third-order valence-corrected chi connectivity index (χ3v) is 2.46. The summed E-state index contributed by atoms with van der Waals surface area (Å²) in [6.07, 6.45) is 3.00. The molecule has 0 amide bonds. The Balaban J connectivity index is 2.47. The minimum atomic E-state index is 0.218. The Morgan fingerprint density at radius 2 is 2.21 bits per heavy atom. The van der Waals surface area contributed by atoms with Gasteiger partial charge in [0.25, 0.3) is 0 Å². The fourth-order valence-corrected chi connectivity index (χ4v) is 1.82. The first-order valence-corrected chi connectivity index (χ1v) is 4.99. The normalized spacial score (nSPS) is 13.4. The summed E-state index contributed by atoms with van der Waals surface area (Å²) in [6.45, 7) is 4.14. The molecular formula is C12H16N2. The predicted molar refractivity (Wildman–Crippen MR) is 60.4 cm³/mol. The highest BCUT2D eigenvalue weighted by molar-refractivity contribution is 5.83.